The molecule has 1 atom stereocenters. The van der Waals surface area contributed by atoms with Gasteiger partial charge in [-0.1, -0.05) is 6.92 Å². The highest BCUT2D eigenvalue weighted by atomic mass is 16.3. The van der Waals surface area contributed by atoms with E-state index < -0.39 is 23.4 Å². The zero-order valence-electron chi connectivity index (χ0n) is 9.95. The van der Waals surface area contributed by atoms with Crippen LogP contribution in [0, 0.1) is 0 Å². The summed E-state index contributed by atoms with van der Waals surface area (Å²) in [5.74, 6) is -0.888. The van der Waals surface area contributed by atoms with Crippen molar-refractivity contribution in [2.45, 2.75) is 25.8 Å². The molecule has 1 unspecified atom stereocenters. The van der Waals surface area contributed by atoms with Gasteiger partial charge in [0.25, 0.3) is 5.91 Å². The van der Waals surface area contributed by atoms with E-state index in [9.17, 15) is 14.4 Å². The third-order valence-electron chi connectivity index (χ3n) is 2.81. The first kappa shape index (κ1) is 13.4. The molecule has 1 heterocycles. The number of amides is 4. The summed E-state index contributed by atoms with van der Waals surface area (Å²) < 4.78 is 0. The summed E-state index contributed by atoms with van der Waals surface area (Å²) in [5.41, 5.74) is -0.726. The van der Waals surface area contributed by atoms with E-state index in [0.29, 0.717) is 6.42 Å². The van der Waals surface area contributed by atoms with Crippen molar-refractivity contribution >= 4 is 17.8 Å². The van der Waals surface area contributed by atoms with E-state index in [1.54, 1.807) is 6.92 Å². The number of urea groups is 1. The highest BCUT2D eigenvalue weighted by Crippen LogP contribution is 2.08. The molecule has 7 nitrogen and oxygen atoms in total. The number of nitrogens with zero attached hydrogens (tertiary/aromatic N) is 1. The van der Waals surface area contributed by atoms with Crippen molar-refractivity contribution in [2.75, 3.05) is 19.7 Å². The quantitative estimate of drug-likeness (QED) is 0.529. The maximum atomic E-state index is 11.6. The van der Waals surface area contributed by atoms with Gasteiger partial charge in [-0.3, -0.25) is 14.5 Å². The third-order valence-corrected chi connectivity index (χ3v) is 2.81. The van der Waals surface area contributed by atoms with Gasteiger partial charge < -0.3 is 15.7 Å². The van der Waals surface area contributed by atoms with Crippen LogP contribution in [0.4, 0.5) is 4.79 Å². The maximum Gasteiger partial charge on any atom is 0.325 e. The molecule has 0 aromatic rings. The van der Waals surface area contributed by atoms with Crippen molar-refractivity contribution in [3.8, 4) is 0 Å². The number of aliphatic hydroxyl groups is 1. The van der Waals surface area contributed by atoms with Gasteiger partial charge >= 0.3 is 6.03 Å². The average Bonchev–Trinajstić information content (AvgIpc) is 2.60. The van der Waals surface area contributed by atoms with Crippen LogP contribution in [0.15, 0.2) is 0 Å². The summed E-state index contributed by atoms with van der Waals surface area (Å²) in [7, 11) is 0. The van der Waals surface area contributed by atoms with Gasteiger partial charge in [-0.05, 0) is 13.3 Å². The minimum Gasteiger partial charge on any atom is -0.394 e. The van der Waals surface area contributed by atoms with Gasteiger partial charge in [0.15, 0.2) is 0 Å². The molecule has 0 aromatic carbocycles. The molecule has 1 rings (SSSR count). The van der Waals surface area contributed by atoms with Crippen molar-refractivity contribution < 1.29 is 19.5 Å². The Balaban J connectivity index is 2.55. The number of hydrogen-bond acceptors (Lipinski definition) is 4. The first-order valence-corrected chi connectivity index (χ1v) is 5.42. The smallest absolute Gasteiger partial charge is 0.325 e. The lowest BCUT2D eigenvalue weighted by molar-refractivity contribution is -0.131. The van der Waals surface area contributed by atoms with Gasteiger partial charge in [0, 0.05) is 0 Å². The molecule has 7 heteroatoms. The van der Waals surface area contributed by atoms with Crippen molar-refractivity contribution in [1.82, 2.24) is 15.5 Å². The Kier molecular flexibility index (Phi) is 4.06. The number of aliphatic hydroxyl groups excluding tert-OH is 1. The summed E-state index contributed by atoms with van der Waals surface area (Å²) in [4.78, 5) is 34.9. The van der Waals surface area contributed by atoms with Crippen LogP contribution in [0.5, 0.6) is 0 Å². The van der Waals surface area contributed by atoms with E-state index >= 15 is 0 Å². The molecule has 1 saturated heterocycles. The van der Waals surface area contributed by atoms with Crippen molar-refractivity contribution in [3.63, 3.8) is 0 Å². The predicted octanol–water partition coefficient (Wildman–Crippen LogP) is -1.18. The van der Waals surface area contributed by atoms with E-state index in [-0.39, 0.29) is 19.7 Å². The Morgan fingerprint density at radius 1 is 1.59 bits per heavy atom. The van der Waals surface area contributed by atoms with Crippen LogP contribution in [0.1, 0.15) is 20.3 Å². The minimum absolute atomic E-state index is 0.0723. The number of carbonyl (C=O) groups is 3. The molecule has 1 aliphatic heterocycles. The molecule has 0 saturated carbocycles. The van der Waals surface area contributed by atoms with Crippen molar-refractivity contribution in [2.24, 2.45) is 0 Å². The molecular formula is C10H17N3O4. The molecule has 0 spiro atoms. The van der Waals surface area contributed by atoms with Crippen LogP contribution in [-0.2, 0) is 9.59 Å². The number of hydrogen-bond donors (Lipinski definition) is 3. The first-order chi connectivity index (χ1) is 7.91. The van der Waals surface area contributed by atoms with Gasteiger partial charge in [0.05, 0.1) is 18.7 Å². The van der Waals surface area contributed by atoms with E-state index in [2.05, 4.69) is 10.6 Å². The number of imide groups is 1. The minimum atomic E-state index is -0.726. The highest BCUT2D eigenvalue weighted by Gasteiger charge is 2.32. The molecule has 96 valence electrons. The Labute approximate surface area is 99.2 Å². The SMILES string of the molecule is CCC(C)(CO)NC(=O)CN1C(=O)CNC1=O. The van der Waals surface area contributed by atoms with E-state index in [1.807, 2.05) is 6.92 Å². The zero-order chi connectivity index (χ0) is 13.1. The van der Waals surface area contributed by atoms with Gasteiger partial charge in [-0.25, -0.2) is 4.79 Å². The van der Waals surface area contributed by atoms with E-state index in [4.69, 9.17) is 5.11 Å². The summed E-state index contributed by atoms with van der Waals surface area (Å²) in [5, 5.41) is 14.0. The molecule has 0 aliphatic carbocycles. The zero-order valence-corrected chi connectivity index (χ0v) is 9.95. The molecule has 3 N–H and O–H groups in total. The number of carbonyl (C=O) groups excluding carboxylic acids is 3. The molecule has 4 amide bonds. The molecule has 0 aromatic heterocycles. The van der Waals surface area contributed by atoms with Gasteiger partial charge in [0.2, 0.25) is 5.91 Å². The van der Waals surface area contributed by atoms with Crippen LogP contribution in [0.2, 0.25) is 0 Å². The summed E-state index contributed by atoms with van der Waals surface area (Å²) in [6.07, 6.45) is 0.551. The largest absolute Gasteiger partial charge is 0.394 e. The molecule has 17 heavy (non-hydrogen) atoms. The molecule has 1 aliphatic rings. The Morgan fingerprint density at radius 3 is 2.65 bits per heavy atom. The normalized spacial score (nSPS) is 18.9. The average molecular weight is 243 g/mol. The van der Waals surface area contributed by atoms with Crippen LogP contribution in [0.3, 0.4) is 0 Å². The highest BCUT2D eigenvalue weighted by molar-refractivity contribution is 6.04. The fourth-order valence-electron chi connectivity index (χ4n) is 1.37. The van der Waals surface area contributed by atoms with Crippen LogP contribution in [-0.4, -0.2) is 53.1 Å². The third kappa shape index (κ3) is 3.16. The lowest BCUT2D eigenvalue weighted by atomic mass is 10.0. The molecule has 0 bridgehead atoms. The first-order valence-electron chi connectivity index (χ1n) is 5.42. The molecular weight excluding hydrogens is 226 g/mol. The number of nitrogens with one attached hydrogen (secondary N) is 2. The van der Waals surface area contributed by atoms with E-state index in [0.717, 1.165) is 4.90 Å². The lowest BCUT2D eigenvalue weighted by Crippen LogP contribution is -2.52. The lowest BCUT2D eigenvalue weighted by Gasteiger charge is -2.27. The topological polar surface area (TPSA) is 98.7 Å². The Hall–Kier alpha value is -1.63. The molecule has 0 radical (unpaired) electrons. The summed E-state index contributed by atoms with van der Waals surface area (Å²) >= 11 is 0. The standard InChI is InChI=1S/C10H17N3O4/c1-3-10(2,6-14)12-7(15)5-13-8(16)4-11-9(13)17/h14H,3-6H2,1-2H3,(H,11,17)(H,12,15). The summed E-state index contributed by atoms with van der Waals surface area (Å²) in [6.45, 7) is 2.92. The fraction of sp³-hybridized carbons (Fsp3) is 0.700. The second-order valence-corrected chi connectivity index (χ2v) is 4.26. The van der Waals surface area contributed by atoms with Crippen molar-refractivity contribution in [3.05, 3.63) is 0 Å². The fourth-order valence-corrected chi connectivity index (χ4v) is 1.37. The second-order valence-electron chi connectivity index (χ2n) is 4.26. The number of rotatable bonds is 5. The van der Waals surface area contributed by atoms with Gasteiger partial charge in [-0.15, -0.1) is 0 Å². The second kappa shape index (κ2) is 5.13. The van der Waals surface area contributed by atoms with Crippen LogP contribution in [0.25, 0.3) is 0 Å². The predicted molar refractivity (Wildman–Crippen MR) is 59.0 cm³/mol. The Morgan fingerprint density at radius 2 is 2.24 bits per heavy atom. The molecule has 1 fully saturated rings. The van der Waals surface area contributed by atoms with E-state index in [1.165, 1.54) is 0 Å². The van der Waals surface area contributed by atoms with Crippen molar-refractivity contribution in [1.29, 1.82) is 0 Å². The van der Waals surface area contributed by atoms with Gasteiger partial charge in [-0.2, -0.15) is 0 Å². The maximum absolute atomic E-state index is 11.6. The van der Waals surface area contributed by atoms with Crippen LogP contribution < -0.4 is 10.6 Å². The Bertz CT molecular complexity index is 322. The van der Waals surface area contributed by atoms with Crippen LogP contribution >= 0.6 is 0 Å². The summed E-state index contributed by atoms with van der Waals surface area (Å²) in [6, 6.07) is -0.563. The monoisotopic (exact) mass is 243 g/mol. The van der Waals surface area contributed by atoms with Gasteiger partial charge in [0.1, 0.15) is 6.54 Å².